The Kier molecular flexibility index (Phi) is 4.23. The van der Waals surface area contributed by atoms with Gasteiger partial charge in [0.05, 0.1) is 16.8 Å². The monoisotopic (exact) mass is 316 g/mol. The van der Waals surface area contributed by atoms with E-state index in [2.05, 4.69) is 10.3 Å². The molecule has 0 aromatic carbocycles. The van der Waals surface area contributed by atoms with E-state index in [4.69, 9.17) is 9.31 Å². The minimum atomic E-state index is -0.549. The van der Waals surface area contributed by atoms with E-state index in [0.717, 1.165) is 18.3 Å². The van der Waals surface area contributed by atoms with Gasteiger partial charge in [-0.2, -0.15) is 0 Å². The highest BCUT2D eigenvalue weighted by Gasteiger charge is 2.52. The molecule has 23 heavy (non-hydrogen) atoms. The maximum atomic E-state index is 12.6. The molecule has 1 saturated carbocycles. The molecule has 0 spiro atoms. The predicted molar refractivity (Wildman–Crippen MR) is 89.7 cm³/mol. The number of hydrogen-bond acceptors (Lipinski definition) is 4. The van der Waals surface area contributed by atoms with Crippen LogP contribution in [0.15, 0.2) is 18.5 Å². The Morgan fingerprint density at radius 1 is 1.22 bits per heavy atom. The first-order valence-corrected chi connectivity index (χ1v) is 8.40. The van der Waals surface area contributed by atoms with Crippen molar-refractivity contribution in [3.8, 4) is 0 Å². The van der Waals surface area contributed by atoms with Crippen molar-refractivity contribution in [1.29, 1.82) is 0 Å². The number of carbonyl (C=O) groups is 1. The van der Waals surface area contributed by atoms with Crippen molar-refractivity contribution in [3.63, 3.8) is 0 Å². The number of nitrogens with zero attached hydrogens (tertiary/aromatic N) is 1. The molecule has 3 rings (SSSR count). The summed E-state index contributed by atoms with van der Waals surface area (Å²) in [6.45, 7) is 8.03. The third kappa shape index (κ3) is 3.15. The van der Waals surface area contributed by atoms with Gasteiger partial charge in [0.2, 0.25) is 0 Å². The summed E-state index contributed by atoms with van der Waals surface area (Å²) in [6, 6.07) is 2.08. The van der Waals surface area contributed by atoms with Crippen LogP contribution in [0.5, 0.6) is 0 Å². The topological polar surface area (TPSA) is 60.5 Å². The van der Waals surface area contributed by atoms with Gasteiger partial charge in [-0.3, -0.25) is 9.78 Å². The molecule has 1 amide bonds. The second-order valence-electron chi connectivity index (χ2n) is 7.51. The molecule has 1 N–H and O–H groups in total. The summed E-state index contributed by atoms with van der Waals surface area (Å²) in [7, 11) is -0.549. The van der Waals surface area contributed by atoms with Crippen LogP contribution in [0.4, 0.5) is 0 Å². The van der Waals surface area contributed by atoms with Gasteiger partial charge in [-0.1, -0.05) is 12.8 Å². The van der Waals surface area contributed by atoms with Gasteiger partial charge in [0, 0.05) is 18.4 Å². The first-order valence-electron chi connectivity index (χ1n) is 8.40. The zero-order valence-corrected chi connectivity index (χ0v) is 14.4. The molecule has 1 saturated heterocycles. The quantitative estimate of drug-likeness (QED) is 0.867. The molecule has 2 heterocycles. The summed E-state index contributed by atoms with van der Waals surface area (Å²) in [5.74, 6) is -0.0882. The van der Waals surface area contributed by atoms with Crippen molar-refractivity contribution in [2.24, 2.45) is 0 Å². The van der Waals surface area contributed by atoms with E-state index in [9.17, 15) is 4.79 Å². The normalized spacial score (nSPS) is 23.2. The lowest BCUT2D eigenvalue weighted by Gasteiger charge is -2.32. The van der Waals surface area contributed by atoms with Gasteiger partial charge in [-0.15, -0.1) is 0 Å². The SMILES string of the molecule is CC1(C)OB(c2ccncc2C(=O)NC2CCCC2)OC1(C)C. The Bertz CT molecular complexity index is 581. The summed E-state index contributed by atoms with van der Waals surface area (Å²) >= 11 is 0. The van der Waals surface area contributed by atoms with Crippen LogP contribution >= 0.6 is 0 Å². The summed E-state index contributed by atoms with van der Waals surface area (Å²) in [5, 5.41) is 3.11. The second-order valence-corrected chi connectivity index (χ2v) is 7.51. The average molecular weight is 316 g/mol. The van der Waals surface area contributed by atoms with Crippen molar-refractivity contribution in [1.82, 2.24) is 10.3 Å². The molecule has 124 valence electrons. The first kappa shape index (κ1) is 16.5. The number of nitrogens with one attached hydrogen (secondary N) is 1. The fourth-order valence-electron chi connectivity index (χ4n) is 3.10. The lowest BCUT2D eigenvalue weighted by atomic mass is 9.76. The Morgan fingerprint density at radius 2 is 1.83 bits per heavy atom. The summed E-state index contributed by atoms with van der Waals surface area (Å²) in [5.41, 5.74) is 0.423. The van der Waals surface area contributed by atoms with Crippen molar-refractivity contribution < 1.29 is 14.1 Å². The van der Waals surface area contributed by atoms with E-state index in [1.807, 2.05) is 33.8 Å². The van der Waals surface area contributed by atoms with Crippen molar-refractivity contribution in [2.75, 3.05) is 0 Å². The maximum absolute atomic E-state index is 12.6. The number of rotatable bonds is 3. The van der Waals surface area contributed by atoms with Gasteiger partial charge in [0.25, 0.3) is 5.91 Å². The molecular weight excluding hydrogens is 291 g/mol. The fraction of sp³-hybridized carbons (Fsp3) is 0.647. The zero-order chi connectivity index (χ0) is 16.7. The van der Waals surface area contributed by atoms with Gasteiger partial charge in [0.15, 0.2) is 0 Å². The average Bonchev–Trinajstić information content (AvgIpc) is 3.05. The van der Waals surface area contributed by atoms with Gasteiger partial charge < -0.3 is 14.6 Å². The third-order valence-corrected chi connectivity index (χ3v) is 5.30. The van der Waals surface area contributed by atoms with Crippen LogP contribution in [0, 0.1) is 0 Å². The smallest absolute Gasteiger partial charge is 0.399 e. The summed E-state index contributed by atoms with van der Waals surface area (Å²) in [4.78, 5) is 16.8. The highest BCUT2D eigenvalue weighted by molar-refractivity contribution is 6.63. The molecule has 2 aliphatic rings. The van der Waals surface area contributed by atoms with Crippen LogP contribution < -0.4 is 10.8 Å². The number of aromatic nitrogens is 1. The Hall–Kier alpha value is -1.40. The van der Waals surface area contributed by atoms with Crippen LogP contribution in [-0.2, 0) is 9.31 Å². The summed E-state index contributed by atoms with van der Waals surface area (Å²) in [6.07, 6.45) is 7.75. The van der Waals surface area contributed by atoms with Crippen LogP contribution in [0.25, 0.3) is 0 Å². The molecule has 0 radical (unpaired) electrons. The van der Waals surface area contributed by atoms with Gasteiger partial charge in [-0.25, -0.2) is 0 Å². The van der Waals surface area contributed by atoms with Crippen LogP contribution in [0.2, 0.25) is 0 Å². The Balaban J connectivity index is 1.82. The molecule has 1 aromatic rings. The molecule has 6 heteroatoms. The third-order valence-electron chi connectivity index (χ3n) is 5.30. The fourth-order valence-corrected chi connectivity index (χ4v) is 3.10. The van der Waals surface area contributed by atoms with Crippen LogP contribution in [-0.4, -0.2) is 35.3 Å². The molecule has 1 aromatic heterocycles. The molecule has 0 bridgehead atoms. The van der Waals surface area contributed by atoms with E-state index in [1.54, 1.807) is 12.4 Å². The maximum Gasteiger partial charge on any atom is 0.495 e. The highest BCUT2D eigenvalue weighted by Crippen LogP contribution is 2.36. The molecule has 2 fully saturated rings. The van der Waals surface area contributed by atoms with E-state index in [-0.39, 0.29) is 11.9 Å². The van der Waals surface area contributed by atoms with Gasteiger partial charge in [0.1, 0.15) is 0 Å². The standard InChI is InChI=1S/C17H25BN2O3/c1-16(2)17(3,4)23-18(22-16)14-9-10-19-11-13(14)15(21)20-12-7-5-6-8-12/h9-12H,5-8H2,1-4H3,(H,20,21). The molecular formula is C17H25BN2O3. The summed E-state index contributed by atoms with van der Waals surface area (Å²) < 4.78 is 12.2. The Labute approximate surface area is 138 Å². The molecule has 1 aliphatic heterocycles. The zero-order valence-electron chi connectivity index (χ0n) is 14.4. The number of carbonyl (C=O) groups excluding carboxylic acids is 1. The van der Waals surface area contributed by atoms with Crippen LogP contribution in [0.3, 0.4) is 0 Å². The first-order chi connectivity index (χ1) is 10.8. The van der Waals surface area contributed by atoms with Gasteiger partial charge in [-0.05, 0) is 52.1 Å². The minimum Gasteiger partial charge on any atom is -0.399 e. The number of pyridine rings is 1. The van der Waals surface area contributed by atoms with Crippen molar-refractivity contribution in [2.45, 2.75) is 70.6 Å². The van der Waals surface area contributed by atoms with Crippen molar-refractivity contribution in [3.05, 3.63) is 24.0 Å². The second kappa shape index (κ2) is 5.91. The number of hydrogen-bond donors (Lipinski definition) is 1. The molecule has 1 aliphatic carbocycles. The molecule has 5 nitrogen and oxygen atoms in total. The largest absolute Gasteiger partial charge is 0.495 e. The highest BCUT2D eigenvalue weighted by atomic mass is 16.7. The van der Waals surface area contributed by atoms with E-state index >= 15 is 0 Å². The van der Waals surface area contributed by atoms with Crippen LogP contribution in [0.1, 0.15) is 63.7 Å². The van der Waals surface area contributed by atoms with E-state index in [1.165, 1.54) is 12.8 Å². The van der Waals surface area contributed by atoms with E-state index in [0.29, 0.717) is 5.56 Å². The van der Waals surface area contributed by atoms with E-state index < -0.39 is 18.3 Å². The lowest BCUT2D eigenvalue weighted by Crippen LogP contribution is -2.42. The molecule has 0 atom stereocenters. The number of amides is 1. The Morgan fingerprint density at radius 3 is 2.43 bits per heavy atom. The predicted octanol–water partition coefficient (Wildman–Crippen LogP) is 2.05. The molecule has 0 unspecified atom stereocenters. The van der Waals surface area contributed by atoms with Crippen molar-refractivity contribution >= 4 is 18.5 Å². The minimum absolute atomic E-state index is 0.0882. The van der Waals surface area contributed by atoms with Gasteiger partial charge >= 0.3 is 7.12 Å². The lowest BCUT2D eigenvalue weighted by molar-refractivity contribution is 0.00578.